The summed E-state index contributed by atoms with van der Waals surface area (Å²) >= 11 is 0. The van der Waals surface area contributed by atoms with Gasteiger partial charge in [-0.15, -0.1) is 0 Å². The molecule has 0 spiro atoms. The maximum Gasteiger partial charge on any atom is 0.0638 e. The Bertz CT molecular complexity index is 287. The molecule has 0 radical (unpaired) electrons. The van der Waals surface area contributed by atoms with Crippen LogP contribution in [0.3, 0.4) is 0 Å². The van der Waals surface area contributed by atoms with E-state index < -0.39 is 0 Å². The largest absolute Gasteiger partial charge is 0.397 e. The van der Waals surface area contributed by atoms with Crippen LogP contribution in [-0.4, -0.2) is 19.8 Å². The molecule has 1 aromatic rings. The Morgan fingerprint density at radius 1 is 1.43 bits per heavy atom. The van der Waals surface area contributed by atoms with Gasteiger partial charge < -0.3 is 15.8 Å². The highest BCUT2D eigenvalue weighted by Gasteiger charge is 1.97. The van der Waals surface area contributed by atoms with Crippen molar-refractivity contribution in [3.8, 4) is 0 Å². The summed E-state index contributed by atoms with van der Waals surface area (Å²) in [4.78, 5) is 0. The summed E-state index contributed by atoms with van der Waals surface area (Å²) in [7, 11) is 0. The Morgan fingerprint density at radius 3 is 2.93 bits per heavy atom. The zero-order chi connectivity index (χ0) is 10.4. The van der Waals surface area contributed by atoms with Crippen LogP contribution in [0, 0.1) is 6.92 Å². The second-order valence-electron chi connectivity index (χ2n) is 3.21. The summed E-state index contributed by atoms with van der Waals surface area (Å²) < 4.78 is 5.22. The first-order valence-electron chi connectivity index (χ1n) is 4.91. The van der Waals surface area contributed by atoms with Gasteiger partial charge in [0.05, 0.1) is 18.0 Å². The van der Waals surface area contributed by atoms with Gasteiger partial charge >= 0.3 is 0 Å². The van der Waals surface area contributed by atoms with Gasteiger partial charge in [-0.2, -0.15) is 0 Å². The molecule has 0 unspecified atom stereocenters. The molecule has 0 aliphatic rings. The average Bonchev–Trinajstić information content (AvgIpc) is 2.18. The zero-order valence-electron chi connectivity index (χ0n) is 8.84. The minimum absolute atomic E-state index is 0.712. The third-order valence-corrected chi connectivity index (χ3v) is 1.97. The number of nitrogens with two attached hydrogens (primary N) is 1. The summed E-state index contributed by atoms with van der Waals surface area (Å²) in [6.07, 6.45) is 0. The molecule has 0 atom stereocenters. The predicted molar refractivity (Wildman–Crippen MR) is 60.6 cm³/mol. The van der Waals surface area contributed by atoms with Crippen LogP contribution < -0.4 is 11.1 Å². The van der Waals surface area contributed by atoms with Gasteiger partial charge in [-0.05, 0) is 31.5 Å². The van der Waals surface area contributed by atoms with Crippen molar-refractivity contribution < 1.29 is 4.74 Å². The van der Waals surface area contributed by atoms with Gasteiger partial charge in [-0.25, -0.2) is 0 Å². The molecule has 78 valence electrons. The Hall–Kier alpha value is -1.22. The fraction of sp³-hybridized carbons (Fsp3) is 0.455. The van der Waals surface area contributed by atoms with Crippen molar-refractivity contribution in [2.24, 2.45) is 0 Å². The van der Waals surface area contributed by atoms with Crippen LogP contribution in [0.25, 0.3) is 0 Å². The van der Waals surface area contributed by atoms with Crippen LogP contribution >= 0.6 is 0 Å². The summed E-state index contributed by atoms with van der Waals surface area (Å²) in [5.74, 6) is 0. The van der Waals surface area contributed by atoms with Crippen LogP contribution in [0.5, 0.6) is 0 Å². The molecule has 0 aliphatic carbocycles. The number of aryl methyl sites for hydroxylation is 1. The number of ether oxygens (including phenoxy) is 1. The number of nitrogen functional groups attached to an aromatic ring is 1. The van der Waals surface area contributed by atoms with Crippen molar-refractivity contribution >= 4 is 11.4 Å². The monoisotopic (exact) mass is 194 g/mol. The van der Waals surface area contributed by atoms with E-state index in [2.05, 4.69) is 5.32 Å². The van der Waals surface area contributed by atoms with E-state index in [1.807, 2.05) is 32.0 Å². The van der Waals surface area contributed by atoms with Crippen LogP contribution in [0.1, 0.15) is 12.5 Å². The molecule has 0 fully saturated rings. The Morgan fingerprint density at radius 2 is 2.21 bits per heavy atom. The molecule has 0 amide bonds. The Kier molecular flexibility index (Phi) is 4.26. The maximum absolute atomic E-state index is 5.80. The van der Waals surface area contributed by atoms with Gasteiger partial charge in [0.15, 0.2) is 0 Å². The molecule has 0 bridgehead atoms. The predicted octanol–water partition coefficient (Wildman–Crippen LogP) is 2.03. The molecule has 1 aromatic carbocycles. The van der Waals surface area contributed by atoms with E-state index in [9.17, 15) is 0 Å². The molecule has 0 saturated heterocycles. The lowest BCUT2D eigenvalue weighted by Gasteiger charge is -2.09. The molecule has 0 heterocycles. The molecule has 3 N–H and O–H groups in total. The number of rotatable bonds is 5. The summed E-state index contributed by atoms with van der Waals surface area (Å²) in [5, 5.41) is 3.24. The first-order chi connectivity index (χ1) is 6.74. The highest BCUT2D eigenvalue weighted by molar-refractivity contribution is 5.66. The number of hydrogen-bond donors (Lipinski definition) is 2. The molecular weight excluding hydrogens is 176 g/mol. The zero-order valence-corrected chi connectivity index (χ0v) is 8.84. The van der Waals surface area contributed by atoms with E-state index in [0.717, 1.165) is 24.5 Å². The van der Waals surface area contributed by atoms with E-state index in [-0.39, 0.29) is 0 Å². The fourth-order valence-corrected chi connectivity index (χ4v) is 1.23. The average molecular weight is 194 g/mol. The van der Waals surface area contributed by atoms with Gasteiger partial charge in [-0.3, -0.25) is 0 Å². The van der Waals surface area contributed by atoms with Crippen molar-refractivity contribution in [2.75, 3.05) is 30.8 Å². The van der Waals surface area contributed by atoms with Crippen LogP contribution in [0.15, 0.2) is 18.2 Å². The number of anilines is 2. The Balaban J connectivity index is 2.45. The van der Waals surface area contributed by atoms with Gasteiger partial charge in [0, 0.05) is 13.2 Å². The third kappa shape index (κ3) is 3.26. The SMILES string of the molecule is CCOCCNc1cc(C)ccc1N. The second kappa shape index (κ2) is 5.50. The lowest BCUT2D eigenvalue weighted by Crippen LogP contribution is -2.10. The van der Waals surface area contributed by atoms with Gasteiger partial charge in [0.2, 0.25) is 0 Å². The highest BCUT2D eigenvalue weighted by atomic mass is 16.5. The molecule has 0 saturated carbocycles. The van der Waals surface area contributed by atoms with Crippen molar-refractivity contribution in [2.45, 2.75) is 13.8 Å². The molecule has 0 aromatic heterocycles. The van der Waals surface area contributed by atoms with E-state index in [4.69, 9.17) is 10.5 Å². The van der Waals surface area contributed by atoms with E-state index >= 15 is 0 Å². The second-order valence-corrected chi connectivity index (χ2v) is 3.21. The fourth-order valence-electron chi connectivity index (χ4n) is 1.23. The molecule has 14 heavy (non-hydrogen) atoms. The number of benzene rings is 1. The molecular formula is C11H18N2O. The first kappa shape index (κ1) is 10.9. The van der Waals surface area contributed by atoms with Gasteiger partial charge in [0.25, 0.3) is 0 Å². The highest BCUT2D eigenvalue weighted by Crippen LogP contribution is 2.18. The van der Waals surface area contributed by atoms with Crippen molar-refractivity contribution in [3.05, 3.63) is 23.8 Å². The molecule has 0 aliphatic heterocycles. The minimum Gasteiger partial charge on any atom is -0.397 e. The van der Waals surface area contributed by atoms with E-state index in [0.29, 0.717) is 6.61 Å². The minimum atomic E-state index is 0.712. The first-order valence-corrected chi connectivity index (χ1v) is 4.91. The topological polar surface area (TPSA) is 47.3 Å². The van der Waals surface area contributed by atoms with Gasteiger partial charge in [0.1, 0.15) is 0 Å². The third-order valence-electron chi connectivity index (χ3n) is 1.97. The van der Waals surface area contributed by atoms with Gasteiger partial charge in [-0.1, -0.05) is 6.07 Å². The standard InChI is InChI=1S/C11H18N2O/c1-3-14-7-6-13-11-8-9(2)4-5-10(11)12/h4-5,8,13H,3,6-7,12H2,1-2H3. The summed E-state index contributed by atoms with van der Waals surface area (Å²) in [6, 6.07) is 5.96. The van der Waals surface area contributed by atoms with E-state index in [1.165, 1.54) is 5.56 Å². The van der Waals surface area contributed by atoms with Crippen molar-refractivity contribution in [1.29, 1.82) is 0 Å². The normalized spacial score (nSPS) is 10.1. The number of hydrogen-bond acceptors (Lipinski definition) is 3. The molecule has 3 heteroatoms. The molecule has 3 nitrogen and oxygen atoms in total. The van der Waals surface area contributed by atoms with Crippen LogP contribution in [0.2, 0.25) is 0 Å². The van der Waals surface area contributed by atoms with Crippen LogP contribution in [0.4, 0.5) is 11.4 Å². The van der Waals surface area contributed by atoms with E-state index in [1.54, 1.807) is 0 Å². The molecule has 1 rings (SSSR count). The lowest BCUT2D eigenvalue weighted by atomic mass is 10.2. The van der Waals surface area contributed by atoms with Crippen molar-refractivity contribution in [1.82, 2.24) is 0 Å². The van der Waals surface area contributed by atoms with Crippen molar-refractivity contribution in [3.63, 3.8) is 0 Å². The maximum atomic E-state index is 5.80. The Labute approximate surface area is 85.3 Å². The summed E-state index contributed by atoms with van der Waals surface area (Å²) in [6.45, 7) is 6.30. The number of nitrogens with one attached hydrogen (secondary N) is 1. The summed E-state index contributed by atoms with van der Waals surface area (Å²) in [5.41, 5.74) is 8.78. The lowest BCUT2D eigenvalue weighted by molar-refractivity contribution is 0.158. The smallest absolute Gasteiger partial charge is 0.0638 e. The van der Waals surface area contributed by atoms with Crippen LogP contribution in [-0.2, 0) is 4.74 Å². The quantitative estimate of drug-likeness (QED) is 0.557.